The number of methoxy groups -OCH3 is 1. The van der Waals surface area contributed by atoms with Crippen molar-refractivity contribution in [1.82, 2.24) is 0 Å². The minimum absolute atomic E-state index is 0.179. The molecule has 0 unspecified atom stereocenters. The van der Waals surface area contributed by atoms with Crippen LogP contribution in [-0.2, 0) is 27.8 Å². The standard InChI is InChI=1S/C17H26NO9P/c1-4-24-28(25-5-2,18-11-9-7-6-8-10-11)27-17-14(21)12(19)13(20)15(26-17)16(22)23-3/h6-10,12-15,17,19-21H,4-5H2,1-3H3/t12-,13-,14+,15-,17+/m0/s1. The molecule has 0 aromatic heterocycles. The van der Waals surface area contributed by atoms with E-state index in [1.165, 1.54) is 0 Å². The SMILES string of the molecule is CCOP(=Nc1ccccc1)(OCC)O[C@H]1O[C@H](C(=O)OC)[C@@H](O)[C@H](O)[C@H]1O. The van der Waals surface area contributed by atoms with E-state index in [4.69, 9.17) is 18.3 Å². The van der Waals surface area contributed by atoms with Gasteiger partial charge in [-0.15, -0.1) is 0 Å². The molecular weight excluding hydrogens is 393 g/mol. The summed E-state index contributed by atoms with van der Waals surface area (Å²) in [6.07, 6.45) is -8.20. The van der Waals surface area contributed by atoms with Crippen LogP contribution in [0.5, 0.6) is 0 Å². The molecule has 1 aliphatic heterocycles. The van der Waals surface area contributed by atoms with Crippen LogP contribution in [0, 0.1) is 0 Å². The van der Waals surface area contributed by atoms with Gasteiger partial charge in [0.05, 0.1) is 26.0 Å². The molecule has 1 aliphatic rings. The normalized spacial score (nSPS) is 28.0. The Morgan fingerprint density at radius 2 is 1.68 bits per heavy atom. The van der Waals surface area contributed by atoms with Gasteiger partial charge in [-0.2, -0.15) is 4.74 Å². The molecule has 0 amide bonds. The van der Waals surface area contributed by atoms with E-state index in [2.05, 4.69) is 9.48 Å². The Kier molecular flexibility index (Phi) is 8.54. The second-order valence-electron chi connectivity index (χ2n) is 5.77. The third-order valence-electron chi connectivity index (χ3n) is 3.82. The molecule has 11 heteroatoms. The van der Waals surface area contributed by atoms with Crippen molar-refractivity contribution in [2.75, 3.05) is 20.3 Å². The molecule has 10 nitrogen and oxygen atoms in total. The number of esters is 1. The molecule has 1 saturated heterocycles. The smallest absolute Gasteiger partial charge is 0.363 e. The van der Waals surface area contributed by atoms with E-state index in [1.807, 2.05) is 6.07 Å². The van der Waals surface area contributed by atoms with Crippen LogP contribution >= 0.6 is 7.74 Å². The molecule has 0 spiro atoms. The zero-order valence-corrected chi connectivity index (χ0v) is 16.8. The molecule has 158 valence electrons. The molecule has 1 aromatic rings. The lowest BCUT2D eigenvalue weighted by atomic mass is 9.99. The van der Waals surface area contributed by atoms with Gasteiger partial charge >= 0.3 is 13.7 Å². The predicted octanol–water partition coefficient (Wildman–Crippen LogP) is 1.33. The molecule has 1 heterocycles. The first-order chi connectivity index (χ1) is 13.4. The molecule has 2 rings (SSSR count). The van der Waals surface area contributed by atoms with Crippen molar-refractivity contribution >= 4 is 19.4 Å². The quantitative estimate of drug-likeness (QED) is 0.421. The van der Waals surface area contributed by atoms with Gasteiger partial charge in [-0.1, -0.05) is 18.2 Å². The largest absolute Gasteiger partial charge is 0.467 e. The number of aliphatic hydroxyl groups excluding tert-OH is 3. The lowest BCUT2D eigenvalue weighted by Crippen LogP contribution is -2.60. The predicted molar refractivity (Wildman–Crippen MR) is 98.5 cm³/mol. The van der Waals surface area contributed by atoms with E-state index in [1.54, 1.807) is 38.1 Å². The summed E-state index contributed by atoms with van der Waals surface area (Å²) >= 11 is 0. The fourth-order valence-corrected chi connectivity index (χ4v) is 4.38. The molecule has 0 aliphatic carbocycles. The van der Waals surface area contributed by atoms with E-state index < -0.39 is 44.4 Å². The summed E-state index contributed by atoms with van der Waals surface area (Å²) in [5.41, 5.74) is 0.508. The summed E-state index contributed by atoms with van der Waals surface area (Å²) in [4.78, 5) is 11.9. The minimum atomic E-state index is -3.44. The second kappa shape index (κ2) is 10.4. The Labute approximate surface area is 163 Å². The van der Waals surface area contributed by atoms with Gasteiger partial charge in [0, 0.05) is 0 Å². The average Bonchev–Trinajstić information content (AvgIpc) is 2.69. The molecule has 0 saturated carbocycles. The number of carbonyl (C=O) groups excluding carboxylic acids is 1. The first kappa shape index (κ1) is 22.9. The third-order valence-corrected chi connectivity index (χ3v) is 5.94. The van der Waals surface area contributed by atoms with Crippen molar-refractivity contribution in [1.29, 1.82) is 0 Å². The van der Waals surface area contributed by atoms with Gasteiger partial charge in [-0.3, -0.25) is 4.52 Å². The molecular formula is C17H26NO9P. The fraction of sp³-hybridized carbons (Fsp3) is 0.588. The molecule has 28 heavy (non-hydrogen) atoms. The highest BCUT2D eigenvalue weighted by molar-refractivity contribution is 7.51. The highest BCUT2D eigenvalue weighted by atomic mass is 31.2. The number of ether oxygens (including phenoxy) is 2. The fourth-order valence-electron chi connectivity index (χ4n) is 2.52. The number of rotatable bonds is 8. The maximum absolute atomic E-state index is 11.9. The molecule has 1 aromatic carbocycles. The number of benzene rings is 1. The molecule has 0 radical (unpaired) electrons. The summed E-state index contributed by atoms with van der Waals surface area (Å²) in [5.74, 6) is -0.927. The first-order valence-electron chi connectivity index (χ1n) is 8.79. The Morgan fingerprint density at radius 1 is 1.07 bits per heavy atom. The lowest BCUT2D eigenvalue weighted by molar-refractivity contribution is -0.274. The van der Waals surface area contributed by atoms with Crippen LogP contribution in [0.15, 0.2) is 35.1 Å². The van der Waals surface area contributed by atoms with Crippen LogP contribution in [-0.4, -0.2) is 72.3 Å². The summed E-state index contributed by atoms with van der Waals surface area (Å²) in [7, 11) is -2.33. The highest BCUT2D eigenvalue weighted by Crippen LogP contribution is 2.57. The van der Waals surface area contributed by atoms with Gasteiger partial charge in [0.1, 0.15) is 18.3 Å². The van der Waals surface area contributed by atoms with E-state index in [0.717, 1.165) is 7.11 Å². The average molecular weight is 419 g/mol. The Balaban J connectivity index is 2.38. The van der Waals surface area contributed by atoms with Gasteiger partial charge in [0.15, 0.2) is 12.4 Å². The topological polar surface area (TPSA) is 136 Å². The monoisotopic (exact) mass is 419 g/mol. The van der Waals surface area contributed by atoms with Crippen LogP contribution < -0.4 is 0 Å². The molecule has 1 fully saturated rings. The summed E-state index contributed by atoms with van der Waals surface area (Å²) in [5, 5.41) is 30.4. The maximum Gasteiger partial charge on any atom is 0.363 e. The maximum atomic E-state index is 11.9. The number of aliphatic hydroxyl groups is 3. The second-order valence-corrected chi connectivity index (χ2v) is 7.63. The van der Waals surface area contributed by atoms with Gasteiger partial charge in [-0.05, 0) is 26.0 Å². The number of carbonyl (C=O) groups is 1. The zero-order valence-electron chi connectivity index (χ0n) is 15.9. The third kappa shape index (κ3) is 5.37. The van der Waals surface area contributed by atoms with E-state index in [0.29, 0.717) is 5.69 Å². The molecule has 3 N–H and O–H groups in total. The van der Waals surface area contributed by atoms with Crippen molar-refractivity contribution in [3.8, 4) is 0 Å². The van der Waals surface area contributed by atoms with Crippen molar-refractivity contribution in [2.24, 2.45) is 4.74 Å². The number of hydrogen-bond donors (Lipinski definition) is 3. The van der Waals surface area contributed by atoms with Gasteiger partial charge in [-0.25, -0.2) is 4.79 Å². The van der Waals surface area contributed by atoms with Crippen LogP contribution in [0.25, 0.3) is 0 Å². The van der Waals surface area contributed by atoms with Gasteiger partial charge < -0.3 is 33.8 Å². The van der Waals surface area contributed by atoms with Crippen molar-refractivity contribution in [3.63, 3.8) is 0 Å². The number of hydrogen-bond acceptors (Lipinski definition) is 10. The van der Waals surface area contributed by atoms with E-state index in [9.17, 15) is 20.1 Å². The molecule has 0 bridgehead atoms. The van der Waals surface area contributed by atoms with Crippen LogP contribution in [0.2, 0.25) is 0 Å². The Bertz CT molecular complexity index is 676. The molecule has 5 atom stereocenters. The van der Waals surface area contributed by atoms with E-state index >= 15 is 0 Å². The van der Waals surface area contributed by atoms with E-state index in [-0.39, 0.29) is 13.2 Å². The first-order valence-corrected chi connectivity index (χ1v) is 10.3. The summed E-state index contributed by atoms with van der Waals surface area (Å²) < 4.78 is 31.4. The summed E-state index contributed by atoms with van der Waals surface area (Å²) in [6, 6.07) is 8.78. The Morgan fingerprint density at radius 3 is 2.21 bits per heavy atom. The van der Waals surface area contributed by atoms with Crippen molar-refractivity contribution in [2.45, 2.75) is 44.6 Å². The lowest BCUT2D eigenvalue weighted by Gasteiger charge is -2.40. The Hall–Kier alpha value is -1.36. The van der Waals surface area contributed by atoms with Crippen LogP contribution in [0.3, 0.4) is 0 Å². The number of nitrogens with zero attached hydrogens (tertiary/aromatic N) is 1. The van der Waals surface area contributed by atoms with Crippen LogP contribution in [0.4, 0.5) is 5.69 Å². The van der Waals surface area contributed by atoms with Crippen molar-refractivity contribution in [3.05, 3.63) is 30.3 Å². The zero-order chi connectivity index (χ0) is 20.7. The summed E-state index contributed by atoms with van der Waals surface area (Å²) in [6.45, 7) is 3.79. The van der Waals surface area contributed by atoms with Gasteiger partial charge in [0.25, 0.3) is 0 Å². The highest BCUT2D eigenvalue weighted by Gasteiger charge is 2.50. The van der Waals surface area contributed by atoms with Crippen LogP contribution in [0.1, 0.15) is 13.8 Å². The van der Waals surface area contributed by atoms with Crippen molar-refractivity contribution < 1.29 is 43.2 Å². The van der Waals surface area contributed by atoms with Gasteiger partial charge in [0.2, 0.25) is 0 Å². The minimum Gasteiger partial charge on any atom is -0.467 e.